The Kier molecular flexibility index (Phi) is 16.1. The number of hydrogen-bond acceptors (Lipinski definition) is 0. The van der Waals surface area contributed by atoms with Crippen molar-refractivity contribution in [3.63, 3.8) is 0 Å². The second-order valence-electron chi connectivity index (χ2n) is 22.3. The van der Waals surface area contributed by atoms with E-state index in [-0.39, 0.29) is 72.3 Å². The molecule has 0 amide bonds. The molecule has 6 aromatic rings. The summed E-state index contributed by atoms with van der Waals surface area (Å²) in [6.07, 6.45) is 0. The molecule has 0 nitrogen and oxygen atoms in total. The molecule has 0 N–H and O–H groups in total. The molecule has 0 aliphatic carbocycles. The first-order valence-corrected chi connectivity index (χ1v) is 27.2. The zero-order valence-corrected chi connectivity index (χ0v) is 45.6. The molecule has 0 aliphatic rings. The second-order valence-corrected chi connectivity index (χ2v) is 32.4. The van der Waals surface area contributed by atoms with E-state index in [2.05, 4.69) is 219 Å². The van der Waals surface area contributed by atoms with Crippen LogP contribution in [0.2, 0.25) is 39.3 Å². The molecule has 0 saturated heterocycles. The minimum atomic E-state index is -1.29. The number of halogens is 2. The molecule has 6 aromatic carbocycles. The van der Waals surface area contributed by atoms with Gasteiger partial charge in [0.25, 0.3) is 0 Å². The molecule has 0 aromatic heterocycles. The van der Waals surface area contributed by atoms with Gasteiger partial charge in [0.15, 0.2) is 0 Å². The first kappa shape index (κ1) is 51.1. The summed E-state index contributed by atoms with van der Waals surface area (Å²) in [6.45, 7) is 42.2. The fourth-order valence-electron chi connectivity index (χ4n) is 7.00. The summed E-state index contributed by atoms with van der Waals surface area (Å²) in [5.41, 5.74) is 11.6. The number of rotatable bonds is 4. The standard InChI is InChI=1S/2C26H35Si.2ClH.Hf/c2*1-25(2,3)22-14-21(15-23(17-22)26(4,5)6)19-12-18-10-11-24(27(7,8)9)16-20(18)13-19;;;/h2*10-17H,1-9H3;2*1H;/q2*-1;;;+4/p-2. The quantitative estimate of drug-likeness (QED) is 0.123. The molecule has 0 radical (unpaired) electrons. The Hall–Kier alpha value is -2.02. The molecule has 304 valence electrons. The largest absolute Gasteiger partial charge is 4.00 e. The Balaban J connectivity index is 0.000000374. The van der Waals surface area contributed by atoms with Crippen molar-refractivity contribution in [2.45, 2.75) is 144 Å². The van der Waals surface area contributed by atoms with Crippen LogP contribution in [0.25, 0.3) is 43.8 Å². The fourth-order valence-corrected chi connectivity index (χ4v) is 9.35. The third-order valence-electron chi connectivity index (χ3n) is 11.1. The van der Waals surface area contributed by atoms with E-state index in [0.717, 1.165) is 0 Å². The molecule has 0 heterocycles. The van der Waals surface area contributed by atoms with Crippen LogP contribution < -0.4 is 35.2 Å². The molecular weight excluding hydrogens is 930 g/mol. The van der Waals surface area contributed by atoms with Gasteiger partial charge in [0.05, 0.1) is 16.1 Å². The molecule has 0 fully saturated rings. The van der Waals surface area contributed by atoms with Gasteiger partial charge in [-0.2, -0.15) is 0 Å². The van der Waals surface area contributed by atoms with E-state index in [0.29, 0.717) is 0 Å². The van der Waals surface area contributed by atoms with Gasteiger partial charge in [0.2, 0.25) is 0 Å². The van der Waals surface area contributed by atoms with Crippen LogP contribution in [-0.2, 0) is 47.5 Å². The summed E-state index contributed by atoms with van der Waals surface area (Å²) in [4.78, 5) is 0. The Labute approximate surface area is 381 Å². The molecule has 0 saturated carbocycles. The Morgan fingerprint density at radius 1 is 0.368 bits per heavy atom. The Morgan fingerprint density at radius 2 is 0.632 bits per heavy atom. The van der Waals surface area contributed by atoms with Crippen LogP contribution in [0.3, 0.4) is 0 Å². The number of hydrogen-bond donors (Lipinski definition) is 0. The fraction of sp³-hybridized carbons (Fsp3) is 0.423. The predicted octanol–water partition coefficient (Wildman–Crippen LogP) is 8.74. The van der Waals surface area contributed by atoms with E-state index in [4.69, 9.17) is 0 Å². The first-order valence-electron chi connectivity index (χ1n) is 20.2. The summed E-state index contributed by atoms with van der Waals surface area (Å²) in [5, 5.41) is 8.53. The minimum absolute atomic E-state index is 0. The number of fused-ring (bicyclic) bond motifs is 2. The summed E-state index contributed by atoms with van der Waals surface area (Å²) >= 11 is 0. The van der Waals surface area contributed by atoms with Crippen molar-refractivity contribution in [2.75, 3.05) is 0 Å². The average Bonchev–Trinajstić information content (AvgIpc) is 3.66. The molecule has 0 unspecified atom stereocenters. The van der Waals surface area contributed by atoms with Crippen molar-refractivity contribution >= 4 is 48.1 Å². The van der Waals surface area contributed by atoms with Gasteiger partial charge in [0, 0.05) is 0 Å². The van der Waals surface area contributed by atoms with Crippen LogP contribution in [-0.4, -0.2) is 16.1 Å². The summed E-state index contributed by atoms with van der Waals surface area (Å²) in [6, 6.07) is 38.0. The molecule has 57 heavy (non-hydrogen) atoms. The van der Waals surface area contributed by atoms with E-state index in [1.807, 2.05) is 0 Å². The molecular formula is C52H70Cl2HfSi2. The van der Waals surface area contributed by atoms with E-state index >= 15 is 0 Å². The Bertz CT molecular complexity index is 2050. The third kappa shape index (κ3) is 12.5. The summed E-state index contributed by atoms with van der Waals surface area (Å²) in [7, 11) is -2.58. The second kappa shape index (κ2) is 17.9. The zero-order chi connectivity index (χ0) is 40.4. The van der Waals surface area contributed by atoms with E-state index in [1.165, 1.54) is 76.4 Å². The average molecular weight is 1000 g/mol. The SMILES string of the molecule is CC(C)(C)c1cc(-c2cc3cc([Si](C)(C)C)ccc3[cH-]2)cc(C(C)(C)C)c1.CC(C)(C)c1cc(-c2cc3cc([Si](C)(C)C)ccc3[cH-]2)cc(C(C)(C)C)c1.[Cl-].[Cl-].[Hf+4]. The molecule has 0 atom stereocenters. The van der Waals surface area contributed by atoms with Crippen molar-refractivity contribution in [1.82, 2.24) is 0 Å². The van der Waals surface area contributed by atoms with Crippen LogP contribution in [0.1, 0.15) is 105 Å². The zero-order valence-electron chi connectivity index (χ0n) is 38.5. The van der Waals surface area contributed by atoms with Gasteiger partial charge >= 0.3 is 25.8 Å². The topological polar surface area (TPSA) is 0 Å². The van der Waals surface area contributed by atoms with E-state index < -0.39 is 16.1 Å². The maximum atomic E-state index is 2.42. The maximum Gasteiger partial charge on any atom is 4.00 e. The summed E-state index contributed by atoms with van der Waals surface area (Å²) < 4.78 is 0. The van der Waals surface area contributed by atoms with Crippen molar-refractivity contribution in [3.8, 4) is 22.3 Å². The van der Waals surface area contributed by atoms with Crippen molar-refractivity contribution in [2.24, 2.45) is 0 Å². The normalized spacial score (nSPS) is 12.7. The van der Waals surface area contributed by atoms with Crippen LogP contribution >= 0.6 is 0 Å². The van der Waals surface area contributed by atoms with Gasteiger partial charge in [-0.05, 0) is 43.9 Å². The maximum absolute atomic E-state index is 2.42. The van der Waals surface area contributed by atoms with E-state index in [9.17, 15) is 0 Å². The van der Waals surface area contributed by atoms with Crippen LogP contribution in [0.4, 0.5) is 0 Å². The number of benzene rings is 4. The summed E-state index contributed by atoms with van der Waals surface area (Å²) in [5.74, 6) is 0. The Morgan fingerprint density at radius 3 is 0.860 bits per heavy atom. The minimum Gasteiger partial charge on any atom is -1.00 e. The molecule has 0 bridgehead atoms. The van der Waals surface area contributed by atoms with Gasteiger partial charge in [0.1, 0.15) is 0 Å². The van der Waals surface area contributed by atoms with E-state index in [1.54, 1.807) is 0 Å². The molecule has 5 heteroatoms. The molecule has 0 spiro atoms. The van der Waals surface area contributed by atoms with Crippen LogP contribution in [0.15, 0.2) is 97.1 Å². The van der Waals surface area contributed by atoms with Gasteiger partial charge in [-0.3, -0.25) is 0 Å². The van der Waals surface area contributed by atoms with Crippen LogP contribution in [0.5, 0.6) is 0 Å². The van der Waals surface area contributed by atoms with Crippen molar-refractivity contribution < 1.29 is 50.7 Å². The van der Waals surface area contributed by atoms with Gasteiger partial charge < -0.3 is 24.8 Å². The first-order chi connectivity index (χ1) is 24.5. The van der Waals surface area contributed by atoms with Gasteiger partial charge in [-0.15, -0.1) is 69.1 Å². The van der Waals surface area contributed by atoms with Gasteiger partial charge in [-0.25, -0.2) is 0 Å². The third-order valence-corrected chi connectivity index (χ3v) is 15.2. The van der Waals surface area contributed by atoms with Gasteiger partial charge in [-0.1, -0.05) is 205 Å². The molecule has 0 aliphatic heterocycles. The van der Waals surface area contributed by atoms with Crippen LogP contribution in [0, 0.1) is 0 Å². The predicted molar refractivity (Wildman–Crippen MR) is 251 cm³/mol. The van der Waals surface area contributed by atoms with Crippen molar-refractivity contribution in [1.29, 1.82) is 0 Å². The van der Waals surface area contributed by atoms with Crippen molar-refractivity contribution in [3.05, 3.63) is 119 Å². The molecule has 6 rings (SSSR count). The monoisotopic (exact) mass is 1000 g/mol. The smallest absolute Gasteiger partial charge is 1.00 e.